The van der Waals surface area contributed by atoms with Gasteiger partial charge < -0.3 is 23.7 Å². The third kappa shape index (κ3) is 4.80. The minimum atomic E-state index is -0.441. The van der Waals surface area contributed by atoms with Crippen molar-refractivity contribution in [3.05, 3.63) is 72.4 Å². The molecule has 0 aromatic carbocycles. The molecule has 3 fully saturated rings. The van der Waals surface area contributed by atoms with Crippen LogP contribution < -0.4 is 0 Å². The van der Waals surface area contributed by atoms with Gasteiger partial charge in [-0.05, 0) is 20.8 Å². The molecule has 0 bridgehead atoms. The van der Waals surface area contributed by atoms with Crippen LogP contribution in [0, 0.1) is 0 Å². The van der Waals surface area contributed by atoms with Gasteiger partial charge in [-0.2, -0.15) is 0 Å². The smallest absolute Gasteiger partial charge is 0.187 e. The monoisotopic (exact) mass is 386 g/mol. The average molecular weight is 386 g/mol. The predicted molar refractivity (Wildman–Crippen MR) is 108 cm³/mol. The SMILES string of the molecule is C=C/C(=C\C=C/C)C1OC2CC(C3COC(C(/C=C\C)=C/C=C\C)O3)OC2O1. The Labute approximate surface area is 167 Å². The number of rotatable bonds is 7. The van der Waals surface area contributed by atoms with Crippen LogP contribution in [0.4, 0.5) is 0 Å². The van der Waals surface area contributed by atoms with Gasteiger partial charge in [0, 0.05) is 17.6 Å². The first-order valence-electron chi connectivity index (χ1n) is 9.84. The highest BCUT2D eigenvalue weighted by Gasteiger charge is 2.49. The summed E-state index contributed by atoms with van der Waals surface area (Å²) in [6.07, 6.45) is 16.7. The quantitative estimate of drug-likeness (QED) is 0.609. The lowest BCUT2D eigenvalue weighted by molar-refractivity contribution is -0.164. The summed E-state index contributed by atoms with van der Waals surface area (Å²) >= 11 is 0. The van der Waals surface area contributed by atoms with E-state index in [1.165, 1.54) is 0 Å². The van der Waals surface area contributed by atoms with Gasteiger partial charge >= 0.3 is 0 Å². The molecule has 0 aromatic rings. The Bertz CT molecular complexity index is 673. The molecule has 5 nitrogen and oxygen atoms in total. The third-order valence-corrected chi connectivity index (χ3v) is 4.86. The van der Waals surface area contributed by atoms with Crippen molar-refractivity contribution >= 4 is 0 Å². The first kappa shape index (κ1) is 21.0. The molecular formula is C23H30O5. The molecule has 3 aliphatic rings. The Hall–Kier alpha value is -1.76. The van der Waals surface area contributed by atoms with E-state index >= 15 is 0 Å². The van der Waals surface area contributed by atoms with Gasteiger partial charge in [0.15, 0.2) is 18.9 Å². The molecule has 0 radical (unpaired) electrons. The van der Waals surface area contributed by atoms with E-state index in [9.17, 15) is 0 Å². The van der Waals surface area contributed by atoms with E-state index in [0.717, 1.165) is 11.1 Å². The Morgan fingerprint density at radius 2 is 1.50 bits per heavy atom. The maximum absolute atomic E-state index is 6.12. The highest BCUT2D eigenvalue weighted by molar-refractivity contribution is 5.27. The van der Waals surface area contributed by atoms with Crippen molar-refractivity contribution in [2.75, 3.05) is 6.61 Å². The Kier molecular flexibility index (Phi) is 7.59. The first-order valence-corrected chi connectivity index (χ1v) is 9.84. The zero-order chi connectivity index (χ0) is 19.9. The van der Waals surface area contributed by atoms with Crippen LogP contribution in [-0.4, -0.2) is 43.8 Å². The Morgan fingerprint density at radius 3 is 2.14 bits per heavy atom. The summed E-state index contributed by atoms with van der Waals surface area (Å²) in [7, 11) is 0. The second-order valence-corrected chi connectivity index (χ2v) is 6.85. The molecule has 0 saturated carbocycles. The van der Waals surface area contributed by atoms with Gasteiger partial charge in [0.25, 0.3) is 0 Å². The van der Waals surface area contributed by atoms with Crippen LogP contribution >= 0.6 is 0 Å². The number of ether oxygens (including phenoxy) is 5. The highest BCUT2D eigenvalue weighted by Crippen LogP contribution is 2.38. The highest BCUT2D eigenvalue weighted by atomic mass is 16.8. The second-order valence-electron chi connectivity index (χ2n) is 6.85. The van der Waals surface area contributed by atoms with E-state index in [0.29, 0.717) is 13.0 Å². The standard InChI is InChI=1S/C23H30O5/c1-5-9-12-16(8-4)22-26-19-14-18(25-23(19)28-22)20-15-24-21(27-20)17(11-7-3)13-10-6-2/h5-13,18-23H,4,14-15H2,1-3H3/b9-5-,10-6-,11-7-,16-12+,17-13+. The van der Waals surface area contributed by atoms with Gasteiger partial charge in [0.2, 0.25) is 0 Å². The molecule has 3 aliphatic heterocycles. The van der Waals surface area contributed by atoms with Gasteiger partial charge in [-0.3, -0.25) is 0 Å². The van der Waals surface area contributed by atoms with Crippen molar-refractivity contribution in [3.8, 4) is 0 Å². The van der Waals surface area contributed by atoms with Gasteiger partial charge in [-0.1, -0.05) is 61.3 Å². The number of fused-ring (bicyclic) bond motifs is 1. The van der Waals surface area contributed by atoms with Crippen LogP contribution in [0.25, 0.3) is 0 Å². The molecule has 6 unspecified atom stereocenters. The summed E-state index contributed by atoms with van der Waals surface area (Å²) in [4.78, 5) is 0. The summed E-state index contributed by atoms with van der Waals surface area (Å²) in [5, 5.41) is 0. The van der Waals surface area contributed by atoms with Crippen LogP contribution in [0.5, 0.6) is 0 Å². The number of hydrogen-bond acceptors (Lipinski definition) is 5. The van der Waals surface area contributed by atoms with Gasteiger partial charge in [0.1, 0.15) is 12.2 Å². The van der Waals surface area contributed by atoms with Gasteiger partial charge in [-0.15, -0.1) is 0 Å². The molecule has 3 heterocycles. The molecular weight excluding hydrogens is 356 g/mol. The maximum Gasteiger partial charge on any atom is 0.187 e. The fourth-order valence-electron chi connectivity index (χ4n) is 3.46. The maximum atomic E-state index is 6.12. The van der Waals surface area contributed by atoms with Crippen molar-refractivity contribution in [1.82, 2.24) is 0 Å². The summed E-state index contributed by atoms with van der Waals surface area (Å²) in [6, 6.07) is 0. The van der Waals surface area contributed by atoms with Crippen LogP contribution in [0.15, 0.2) is 72.4 Å². The average Bonchev–Trinajstić information content (AvgIpc) is 3.40. The molecule has 0 spiro atoms. The van der Waals surface area contributed by atoms with Gasteiger partial charge in [-0.25, -0.2) is 0 Å². The van der Waals surface area contributed by atoms with Crippen LogP contribution in [-0.2, 0) is 23.7 Å². The lowest BCUT2D eigenvalue weighted by Crippen LogP contribution is -2.30. The zero-order valence-electron chi connectivity index (χ0n) is 16.8. The minimum Gasteiger partial charge on any atom is -0.346 e. The number of allylic oxidation sites excluding steroid dienone is 7. The van der Waals surface area contributed by atoms with Crippen molar-refractivity contribution < 1.29 is 23.7 Å². The molecule has 28 heavy (non-hydrogen) atoms. The lowest BCUT2D eigenvalue weighted by atomic mass is 10.1. The molecule has 0 aromatic heterocycles. The van der Waals surface area contributed by atoms with Crippen molar-refractivity contribution in [2.24, 2.45) is 0 Å². The van der Waals surface area contributed by atoms with Crippen molar-refractivity contribution in [3.63, 3.8) is 0 Å². The summed E-state index contributed by atoms with van der Waals surface area (Å²) in [6.45, 7) is 10.2. The molecule has 0 amide bonds. The Morgan fingerprint density at radius 1 is 0.786 bits per heavy atom. The summed E-state index contributed by atoms with van der Waals surface area (Å²) in [5.74, 6) is 0. The largest absolute Gasteiger partial charge is 0.346 e. The van der Waals surface area contributed by atoms with Crippen LogP contribution in [0.3, 0.4) is 0 Å². The van der Waals surface area contributed by atoms with E-state index in [2.05, 4.69) is 6.58 Å². The third-order valence-electron chi connectivity index (χ3n) is 4.86. The van der Waals surface area contributed by atoms with E-state index in [1.807, 2.05) is 69.4 Å². The van der Waals surface area contributed by atoms with Gasteiger partial charge in [0.05, 0.1) is 12.7 Å². The molecule has 3 saturated heterocycles. The van der Waals surface area contributed by atoms with E-state index in [4.69, 9.17) is 23.7 Å². The zero-order valence-corrected chi connectivity index (χ0v) is 16.8. The van der Waals surface area contributed by atoms with E-state index in [-0.39, 0.29) is 30.9 Å². The molecule has 3 rings (SSSR count). The molecule has 5 heteroatoms. The molecule has 152 valence electrons. The van der Waals surface area contributed by atoms with Crippen molar-refractivity contribution in [2.45, 2.75) is 64.4 Å². The van der Waals surface area contributed by atoms with Crippen molar-refractivity contribution in [1.29, 1.82) is 0 Å². The predicted octanol–water partition coefficient (Wildman–Crippen LogP) is 4.35. The second kappa shape index (κ2) is 10.1. The van der Waals surface area contributed by atoms with E-state index in [1.54, 1.807) is 6.08 Å². The lowest BCUT2D eigenvalue weighted by Gasteiger charge is -2.20. The normalized spacial score (nSPS) is 37.0. The van der Waals surface area contributed by atoms with E-state index < -0.39 is 6.29 Å². The van der Waals surface area contributed by atoms with Crippen LogP contribution in [0.2, 0.25) is 0 Å². The fraction of sp³-hybridized carbons (Fsp3) is 0.478. The molecule has 0 N–H and O–H groups in total. The first-order chi connectivity index (χ1) is 13.7. The molecule has 6 atom stereocenters. The topological polar surface area (TPSA) is 46.2 Å². The number of hydrogen-bond donors (Lipinski definition) is 0. The minimum absolute atomic E-state index is 0.110. The molecule has 0 aliphatic carbocycles. The summed E-state index contributed by atoms with van der Waals surface area (Å²) < 4.78 is 30.1. The van der Waals surface area contributed by atoms with Crippen LogP contribution in [0.1, 0.15) is 27.2 Å². The fourth-order valence-corrected chi connectivity index (χ4v) is 3.46. The summed E-state index contributed by atoms with van der Waals surface area (Å²) in [5.41, 5.74) is 1.87. The Balaban J connectivity index is 1.56.